The number of aryl methyl sites for hydroxylation is 1. The van der Waals surface area contributed by atoms with Crippen molar-refractivity contribution in [2.75, 3.05) is 11.9 Å². The Morgan fingerprint density at radius 1 is 1.24 bits per heavy atom. The van der Waals surface area contributed by atoms with Crippen molar-refractivity contribution in [1.29, 1.82) is 0 Å². The van der Waals surface area contributed by atoms with Crippen LogP contribution in [0.15, 0.2) is 24.5 Å². The van der Waals surface area contributed by atoms with Crippen LogP contribution in [0.25, 0.3) is 11.1 Å². The second-order valence-corrected chi connectivity index (χ2v) is 7.62. The first kappa shape index (κ1) is 19.5. The van der Waals surface area contributed by atoms with Gasteiger partial charge in [-0.25, -0.2) is 8.78 Å². The number of carbonyl (C=O) groups excluding carboxylic acids is 2. The summed E-state index contributed by atoms with van der Waals surface area (Å²) < 4.78 is 29.7. The van der Waals surface area contributed by atoms with Gasteiger partial charge >= 0.3 is 0 Å². The summed E-state index contributed by atoms with van der Waals surface area (Å²) in [6.07, 6.45) is 3.85. The van der Waals surface area contributed by atoms with Gasteiger partial charge in [0.2, 0.25) is 11.8 Å². The molecule has 4 rings (SSSR count). The number of hydrogen-bond donors (Lipinski definition) is 1. The highest BCUT2D eigenvalue weighted by Gasteiger charge is 2.33. The van der Waals surface area contributed by atoms with Crippen LogP contribution >= 0.6 is 0 Å². The molecular formula is C22H23F2N3O2. The second-order valence-electron chi connectivity index (χ2n) is 7.62. The molecule has 2 heterocycles. The summed E-state index contributed by atoms with van der Waals surface area (Å²) in [6.45, 7) is 1.71. The van der Waals surface area contributed by atoms with Crippen molar-refractivity contribution in [3.8, 4) is 11.1 Å². The number of nitrogens with one attached hydrogen (secondary N) is 1. The van der Waals surface area contributed by atoms with Crippen LogP contribution in [0.3, 0.4) is 0 Å². The van der Waals surface area contributed by atoms with E-state index >= 15 is 4.39 Å². The molecule has 1 N–H and O–H groups in total. The Morgan fingerprint density at radius 2 is 2.03 bits per heavy atom. The van der Waals surface area contributed by atoms with E-state index in [1.54, 1.807) is 32.4 Å². The number of benzene rings is 1. The number of rotatable bonds is 3. The van der Waals surface area contributed by atoms with Crippen molar-refractivity contribution in [3.05, 3.63) is 47.0 Å². The molecule has 0 spiro atoms. The van der Waals surface area contributed by atoms with E-state index in [0.29, 0.717) is 41.6 Å². The highest BCUT2D eigenvalue weighted by atomic mass is 19.1. The van der Waals surface area contributed by atoms with Gasteiger partial charge in [-0.2, -0.15) is 0 Å². The third-order valence-corrected chi connectivity index (χ3v) is 5.90. The fraction of sp³-hybridized carbons (Fsp3) is 0.409. The minimum absolute atomic E-state index is 0.0353. The van der Waals surface area contributed by atoms with E-state index in [2.05, 4.69) is 10.3 Å². The van der Waals surface area contributed by atoms with Crippen LogP contribution in [0.1, 0.15) is 48.9 Å². The van der Waals surface area contributed by atoms with E-state index in [9.17, 15) is 14.0 Å². The molecule has 2 amide bonds. The summed E-state index contributed by atoms with van der Waals surface area (Å²) in [5.41, 5.74) is 3.91. The van der Waals surface area contributed by atoms with Crippen molar-refractivity contribution < 1.29 is 18.4 Å². The van der Waals surface area contributed by atoms with Crippen LogP contribution < -0.4 is 10.2 Å². The van der Waals surface area contributed by atoms with Gasteiger partial charge in [0, 0.05) is 49.1 Å². The molecule has 7 heteroatoms. The van der Waals surface area contributed by atoms with Crippen LogP contribution in [-0.2, 0) is 22.4 Å². The smallest absolute Gasteiger partial charge is 0.227 e. The fourth-order valence-electron chi connectivity index (χ4n) is 4.24. The van der Waals surface area contributed by atoms with Crippen LogP contribution in [0.2, 0.25) is 0 Å². The topological polar surface area (TPSA) is 62.3 Å². The second kappa shape index (κ2) is 7.54. The van der Waals surface area contributed by atoms with Crippen LogP contribution in [0, 0.1) is 5.82 Å². The molecule has 29 heavy (non-hydrogen) atoms. The first-order chi connectivity index (χ1) is 13.9. The van der Waals surface area contributed by atoms with E-state index in [1.165, 1.54) is 11.0 Å². The van der Waals surface area contributed by atoms with Gasteiger partial charge in [0.1, 0.15) is 12.0 Å². The van der Waals surface area contributed by atoms with Crippen molar-refractivity contribution in [3.63, 3.8) is 0 Å². The predicted octanol–water partition coefficient (Wildman–Crippen LogP) is 3.65. The molecule has 152 valence electrons. The van der Waals surface area contributed by atoms with Gasteiger partial charge in [0.05, 0.1) is 6.04 Å². The van der Waals surface area contributed by atoms with Crippen LogP contribution in [0.5, 0.6) is 0 Å². The highest BCUT2D eigenvalue weighted by molar-refractivity contribution is 5.96. The van der Waals surface area contributed by atoms with Crippen molar-refractivity contribution >= 4 is 17.5 Å². The Morgan fingerprint density at radius 3 is 2.79 bits per heavy atom. The minimum atomic E-state index is -1.21. The summed E-state index contributed by atoms with van der Waals surface area (Å²) in [4.78, 5) is 29.5. The van der Waals surface area contributed by atoms with Gasteiger partial charge in [0.25, 0.3) is 0 Å². The largest absolute Gasteiger partial charge is 0.346 e. The maximum atomic E-state index is 15.1. The van der Waals surface area contributed by atoms with Crippen molar-refractivity contribution in [2.24, 2.45) is 0 Å². The Kier molecular flexibility index (Phi) is 5.06. The maximum absolute atomic E-state index is 15.1. The first-order valence-electron chi connectivity index (χ1n) is 9.90. The molecule has 2 atom stereocenters. The molecule has 0 saturated heterocycles. The Bertz CT molecular complexity index is 992. The number of anilines is 1. The van der Waals surface area contributed by atoms with Gasteiger partial charge in [-0.05, 0) is 48.1 Å². The number of carbonyl (C=O) groups is 2. The number of halogens is 2. The molecule has 0 fully saturated rings. The maximum Gasteiger partial charge on any atom is 0.227 e. The zero-order chi connectivity index (χ0) is 20.7. The van der Waals surface area contributed by atoms with E-state index in [0.717, 1.165) is 11.1 Å². The summed E-state index contributed by atoms with van der Waals surface area (Å²) in [5.74, 6) is -0.715. The molecule has 5 nitrogen and oxygen atoms in total. The Balaban J connectivity index is 1.80. The summed E-state index contributed by atoms with van der Waals surface area (Å²) in [6, 6.07) is 2.38. The monoisotopic (exact) mass is 399 g/mol. The lowest BCUT2D eigenvalue weighted by molar-refractivity contribution is -0.122. The minimum Gasteiger partial charge on any atom is -0.346 e. The van der Waals surface area contributed by atoms with Gasteiger partial charge in [-0.3, -0.25) is 14.6 Å². The quantitative estimate of drug-likeness (QED) is 0.857. The normalized spacial score (nSPS) is 20.8. The first-order valence-corrected chi connectivity index (χ1v) is 9.90. The molecule has 1 aromatic carbocycles. The molecule has 0 bridgehead atoms. The molecule has 2 aromatic rings. The molecule has 1 aromatic heterocycles. The van der Waals surface area contributed by atoms with Gasteiger partial charge in [-0.1, -0.05) is 6.92 Å². The number of nitrogens with zero attached hydrogens (tertiary/aromatic N) is 2. The summed E-state index contributed by atoms with van der Waals surface area (Å²) in [7, 11) is 1.65. The van der Waals surface area contributed by atoms with Gasteiger partial charge in [-0.15, -0.1) is 0 Å². The number of hydrogen-bond acceptors (Lipinski definition) is 3. The Labute approximate surface area is 168 Å². The standard InChI is InChI=1S/C22H23F2N3O2/c1-3-20(28)26-22-16-11-25-10-15(13(16)5-6-17(22)23)14-8-12-4-7-21(29)27(2)19(12)9-18(14)24/h8-11,17,22H,3-7H2,1-2H3,(H,26,28)/t17?,22-/m1/s1. The number of fused-ring (bicyclic) bond motifs is 2. The SMILES string of the molecule is CCC(=O)N[C@@H]1c2cncc(-c3cc4c(cc3F)N(C)C(=O)CC4)c2CCC1F. The van der Waals surface area contributed by atoms with E-state index < -0.39 is 18.0 Å². The molecular weight excluding hydrogens is 376 g/mol. The zero-order valence-electron chi connectivity index (χ0n) is 16.5. The molecule has 1 unspecified atom stereocenters. The highest BCUT2D eigenvalue weighted by Crippen LogP contribution is 2.40. The van der Waals surface area contributed by atoms with Crippen LogP contribution in [0.4, 0.5) is 14.5 Å². The molecule has 1 aliphatic carbocycles. The predicted molar refractivity (Wildman–Crippen MR) is 106 cm³/mol. The van der Waals surface area contributed by atoms with E-state index in [4.69, 9.17) is 0 Å². The number of pyridine rings is 1. The Hall–Kier alpha value is -2.83. The number of amides is 2. The summed E-state index contributed by atoms with van der Waals surface area (Å²) >= 11 is 0. The zero-order valence-corrected chi connectivity index (χ0v) is 16.5. The lowest BCUT2D eigenvalue weighted by Crippen LogP contribution is -2.37. The summed E-state index contributed by atoms with van der Waals surface area (Å²) in [5, 5.41) is 2.74. The van der Waals surface area contributed by atoms with Gasteiger partial charge in [0.15, 0.2) is 0 Å². The average Bonchev–Trinajstić information content (AvgIpc) is 2.72. The third-order valence-electron chi connectivity index (χ3n) is 5.90. The van der Waals surface area contributed by atoms with E-state index in [-0.39, 0.29) is 24.7 Å². The van der Waals surface area contributed by atoms with E-state index in [1.807, 2.05) is 0 Å². The number of aromatic nitrogens is 1. The lowest BCUT2D eigenvalue weighted by Gasteiger charge is -2.31. The molecule has 2 aliphatic rings. The van der Waals surface area contributed by atoms with Crippen molar-refractivity contribution in [1.82, 2.24) is 10.3 Å². The number of alkyl halides is 1. The third kappa shape index (κ3) is 3.39. The molecule has 0 saturated carbocycles. The molecule has 1 aliphatic heterocycles. The average molecular weight is 399 g/mol. The van der Waals surface area contributed by atoms with Crippen molar-refractivity contribution in [2.45, 2.75) is 51.2 Å². The lowest BCUT2D eigenvalue weighted by atomic mass is 9.83. The fourth-order valence-corrected chi connectivity index (χ4v) is 4.24. The molecule has 0 radical (unpaired) electrons. The van der Waals surface area contributed by atoms with Crippen LogP contribution in [-0.4, -0.2) is 30.0 Å². The van der Waals surface area contributed by atoms with Gasteiger partial charge < -0.3 is 10.2 Å².